The number of carboxylic acid groups (broad SMARTS) is 1. The molecule has 2 aromatic rings. The first-order valence-electron chi connectivity index (χ1n) is 8.49. The van der Waals surface area contributed by atoms with Crippen LogP contribution in [-0.2, 0) is 0 Å². The normalized spacial score (nSPS) is 10.3. The summed E-state index contributed by atoms with van der Waals surface area (Å²) in [4.78, 5) is 28.2. The zero-order chi connectivity index (χ0) is 19.3. The predicted octanol–water partition coefficient (Wildman–Crippen LogP) is 3.52. The fourth-order valence-corrected chi connectivity index (χ4v) is 2.74. The van der Waals surface area contributed by atoms with E-state index >= 15 is 0 Å². The Morgan fingerprint density at radius 2 is 1.62 bits per heavy atom. The standard InChI is InChI=1S/C20H24N2O4/c1-5-22(6-2)17-9-7-8-16(18(17)19(23)24)20(25)26-15-12-10-14(11-13-15)21(3)4/h7-13H,5-6H2,1-4H3,(H,23,24). The molecule has 0 radical (unpaired) electrons. The zero-order valence-electron chi connectivity index (χ0n) is 15.5. The SMILES string of the molecule is CCN(CC)c1cccc(C(=O)Oc2ccc(N(C)C)cc2)c1C(=O)O. The van der Waals surface area contributed by atoms with Crippen LogP contribution in [0.4, 0.5) is 11.4 Å². The number of rotatable bonds is 7. The number of nitrogens with zero attached hydrogens (tertiary/aromatic N) is 2. The van der Waals surface area contributed by atoms with Gasteiger partial charge in [0.1, 0.15) is 5.75 Å². The van der Waals surface area contributed by atoms with Crippen molar-refractivity contribution in [2.45, 2.75) is 13.8 Å². The smallest absolute Gasteiger partial charge is 0.344 e. The Morgan fingerprint density at radius 3 is 2.12 bits per heavy atom. The Balaban J connectivity index is 2.36. The quantitative estimate of drug-likeness (QED) is 0.605. The van der Waals surface area contributed by atoms with Gasteiger partial charge in [0.2, 0.25) is 0 Å². The van der Waals surface area contributed by atoms with E-state index in [1.807, 2.05) is 49.9 Å². The van der Waals surface area contributed by atoms with Crippen LogP contribution in [0.5, 0.6) is 5.75 Å². The number of benzene rings is 2. The maximum Gasteiger partial charge on any atom is 0.344 e. The first-order chi connectivity index (χ1) is 12.4. The summed E-state index contributed by atoms with van der Waals surface area (Å²) in [6.07, 6.45) is 0. The molecule has 0 saturated heterocycles. The maximum atomic E-state index is 12.6. The van der Waals surface area contributed by atoms with Crippen molar-refractivity contribution in [3.05, 3.63) is 53.6 Å². The minimum absolute atomic E-state index is 0.0360. The van der Waals surface area contributed by atoms with E-state index in [4.69, 9.17) is 4.74 Å². The van der Waals surface area contributed by atoms with Gasteiger partial charge in [-0.1, -0.05) is 6.07 Å². The van der Waals surface area contributed by atoms with Crippen molar-refractivity contribution in [1.82, 2.24) is 0 Å². The van der Waals surface area contributed by atoms with E-state index < -0.39 is 11.9 Å². The van der Waals surface area contributed by atoms with Gasteiger partial charge in [0.15, 0.2) is 0 Å². The number of aromatic carboxylic acids is 1. The van der Waals surface area contributed by atoms with Gasteiger partial charge in [-0.2, -0.15) is 0 Å². The minimum atomic E-state index is -1.15. The Labute approximate surface area is 153 Å². The van der Waals surface area contributed by atoms with E-state index in [1.165, 1.54) is 6.07 Å². The molecule has 0 atom stereocenters. The molecule has 0 aliphatic rings. The molecular weight excluding hydrogens is 332 g/mol. The highest BCUT2D eigenvalue weighted by Crippen LogP contribution is 2.26. The van der Waals surface area contributed by atoms with Crippen LogP contribution in [0, 0.1) is 0 Å². The van der Waals surface area contributed by atoms with Gasteiger partial charge < -0.3 is 19.6 Å². The molecule has 2 rings (SSSR count). The van der Waals surface area contributed by atoms with E-state index in [2.05, 4.69) is 0 Å². The molecule has 26 heavy (non-hydrogen) atoms. The summed E-state index contributed by atoms with van der Waals surface area (Å²) in [5.74, 6) is -1.47. The largest absolute Gasteiger partial charge is 0.478 e. The number of esters is 1. The fraction of sp³-hybridized carbons (Fsp3) is 0.300. The molecule has 0 aromatic heterocycles. The van der Waals surface area contributed by atoms with Crippen LogP contribution in [0.2, 0.25) is 0 Å². The molecule has 0 fully saturated rings. The molecule has 138 valence electrons. The van der Waals surface area contributed by atoms with Gasteiger partial charge in [-0.25, -0.2) is 9.59 Å². The Hall–Kier alpha value is -3.02. The van der Waals surface area contributed by atoms with Crippen LogP contribution < -0.4 is 14.5 Å². The second-order valence-electron chi connectivity index (χ2n) is 5.95. The van der Waals surface area contributed by atoms with Crippen molar-refractivity contribution >= 4 is 23.3 Å². The van der Waals surface area contributed by atoms with Gasteiger partial charge in [-0.15, -0.1) is 0 Å². The average Bonchev–Trinajstić information content (AvgIpc) is 2.62. The van der Waals surface area contributed by atoms with Crippen LogP contribution in [-0.4, -0.2) is 44.2 Å². The molecule has 0 aliphatic heterocycles. The van der Waals surface area contributed by atoms with Gasteiger partial charge in [-0.3, -0.25) is 0 Å². The Bertz CT molecular complexity index is 781. The molecule has 0 spiro atoms. The number of hydrogen-bond acceptors (Lipinski definition) is 5. The highest BCUT2D eigenvalue weighted by Gasteiger charge is 2.24. The maximum absolute atomic E-state index is 12.6. The third-order valence-corrected chi connectivity index (χ3v) is 4.14. The van der Waals surface area contributed by atoms with Gasteiger partial charge in [0, 0.05) is 32.9 Å². The van der Waals surface area contributed by atoms with Gasteiger partial charge in [0.25, 0.3) is 0 Å². The molecule has 2 aromatic carbocycles. The summed E-state index contributed by atoms with van der Waals surface area (Å²) in [7, 11) is 3.83. The predicted molar refractivity (Wildman–Crippen MR) is 103 cm³/mol. The molecule has 6 heteroatoms. The Kier molecular flexibility index (Phi) is 6.22. The van der Waals surface area contributed by atoms with Crippen molar-refractivity contribution in [3.63, 3.8) is 0 Å². The van der Waals surface area contributed by atoms with Crippen molar-refractivity contribution in [2.75, 3.05) is 37.0 Å². The number of carbonyl (C=O) groups excluding carboxylic acids is 1. The average molecular weight is 356 g/mol. The monoisotopic (exact) mass is 356 g/mol. The van der Waals surface area contributed by atoms with E-state index in [9.17, 15) is 14.7 Å². The van der Waals surface area contributed by atoms with Crippen molar-refractivity contribution in [3.8, 4) is 5.75 Å². The summed E-state index contributed by atoms with van der Waals surface area (Å²) < 4.78 is 5.39. The lowest BCUT2D eigenvalue weighted by molar-refractivity contribution is 0.0668. The van der Waals surface area contributed by atoms with Crippen LogP contribution in [0.3, 0.4) is 0 Å². The molecule has 1 N–H and O–H groups in total. The number of carbonyl (C=O) groups is 2. The molecule has 0 saturated carbocycles. The van der Waals surface area contributed by atoms with Crippen LogP contribution in [0.25, 0.3) is 0 Å². The fourth-order valence-electron chi connectivity index (χ4n) is 2.74. The summed E-state index contributed by atoms with van der Waals surface area (Å²) in [5, 5.41) is 9.66. The number of hydrogen-bond donors (Lipinski definition) is 1. The summed E-state index contributed by atoms with van der Waals surface area (Å²) in [6, 6.07) is 11.9. The molecule has 6 nitrogen and oxygen atoms in total. The van der Waals surface area contributed by atoms with E-state index in [-0.39, 0.29) is 11.1 Å². The molecule has 0 unspecified atom stereocenters. The first kappa shape index (κ1) is 19.3. The van der Waals surface area contributed by atoms with Gasteiger partial charge in [-0.05, 0) is 50.2 Å². The van der Waals surface area contributed by atoms with E-state index in [0.29, 0.717) is 24.5 Å². The topological polar surface area (TPSA) is 70.1 Å². The lowest BCUT2D eigenvalue weighted by Gasteiger charge is -2.23. The second kappa shape index (κ2) is 8.38. The van der Waals surface area contributed by atoms with Crippen LogP contribution >= 0.6 is 0 Å². The third-order valence-electron chi connectivity index (χ3n) is 4.14. The summed E-state index contributed by atoms with van der Waals surface area (Å²) in [6.45, 7) is 5.15. The van der Waals surface area contributed by atoms with Crippen molar-refractivity contribution < 1.29 is 19.4 Å². The minimum Gasteiger partial charge on any atom is -0.478 e. The van der Waals surface area contributed by atoms with Gasteiger partial charge in [0.05, 0.1) is 16.8 Å². The number of ether oxygens (including phenoxy) is 1. The lowest BCUT2D eigenvalue weighted by Crippen LogP contribution is -2.26. The molecule has 0 aliphatic carbocycles. The Morgan fingerprint density at radius 1 is 1.00 bits per heavy atom. The summed E-state index contributed by atoms with van der Waals surface area (Å²) in [5.41, 5.74) is 1.49. The lowest BCUT2D eigenvalue weighted by atomic mass is 10.0. The molecule has 0 amide bonds. The number of carboxylic acids is 1. The second-order valence-corrected chi connectivity index (χ2v) is 5.95. The van der Waals surface area contributed by atoms with Crippen LogP contribution in [0.1, 0.15) is 34.6 Å². The first-order valence-corrected chi connectivity index (χ1v) is 8.49. The van der Waals surface area contributed by atoms with E-state index in [1.54, 1.807) is 24.3 Å². The number of anilines is 2. The highest BCUT2D eigenvalue weighted by molar-refractivity contribution is 6.07. The zero-order valence-corrected chi connectivity index (χ0v) is 15.5. The van der Waals surface area contributed by atoms with E-state index in [0.717, 1.165) is 5.69 Å². The van der Waals surface area contributed by atoms with Crippen molar-refractivity contribution in [2.24, 2.45) is 0 Å². The third kappa shape index (κ3) is 4.14. The highest BCUT2D eigenvalue weighted by atomic mass is 16.5. The van der Waals surface area contributed by atoms with Crippen molar-refractivity contribution in [1.29, 1.82) is 0 Å². The molecule has 0 bridgehead atoms. The molecular formula is C20H24N2O4. The van der Waals surface area contributed by atoms with Crippen LogP contribution in [0.15, 0.2) is 42.5 Å². The molecule has 0 heterocycles. The summed E-state index contributed by atoms with van der Waals surface area (Å²) >= 11 is 0. The van der Waals surface area contributed by atoms with Gasteiger partial charge >= 0.3 is 11.9 Å².